The summed E-state index contributed by atoms with van der Waals surface area (Å²) in [6, 6.07) is 0. The van der Waals surface area contributed by atoms with Crippen LogP contribution in [0, 0.1) is 0 Å². The Bertz CT molecular complexity index is 146. The Morgan fingerprint density at radius 1 is 1.62 bits per heavy atom. The Hall–Kier alpha value is -0.113. The third-order valence-electron chi connectivity index (χ3n) is 0.581. The zero-order valence-corrected chi connectivity index (χ0v) is 5.51. The topological polar surface area (TPSA) is 43.6 Å². The molecule has 38 valence electrons. The number of rotatable bonds is 0. The summed E-state index contributed by atoms with van der Waals surface area (Å²) < 4.78 is 1.43. The van der Waals surface area contributed by atoms with Gasteiger partial charge < -0.3 is 12.6 Å². The number of aromatic nitrogens is 4. The predicted octanol–water partition coefficient (Wildman–Crippen LogP) is -3.88. The molecule has 1 aromatic heterocycles. The molecule has 1 heterocycles. The zero-order valence-electron chi connectivity index (χ0n) is 4.70. The summed E-state index contributed by atoms with van der Waals surface area (Å²) in [5, 5.41) is 10.6. The second kappa shape index (κ2) is 3.02. The van der Waals surface area contributed by atoms with Crippen molar-refractivity contribution in [3.63, 3.8) is 0 Å². The van der Waals surface area contributed by atoms with Gasteiger partial charge >= 0.3 is 18.9 Å². The first-order valence-electron chi connectivity index (χ1n) is 1.70. The fourth-order valence-corrected chi connectivity index (χ4v) is 0.294. The van der Waals surface area contributed by atoms with Gasteiger partial charge in [-0.2, -0.15) is 0 Å². The summed E-state index contributed by atoms with van der Waals surface area (Å²) in [4.78, 5) is 0. The molecule has 0 spiro atoms. The van der Waals surface area contributed by atoms with E-state index in [1.54, 1.807) is 7.05 Å². The minimum Gasteiger partial charge on any atom is -0.739 e. The van der Waals surface area contributed by atoms with E-state index >= 15 is 0 Å². The average molecular weight is 122 g/mol. The van der Waals surface area contributed by atoms with E-state index < -0.39 is 0 Å². The van der Waals surface area contributed by atoms with E-state index in [4.69, 9.17) is 0 Å². The normalized spacial score (nSPS) is 8.12. The molecule has 0 atom stereocenters. The molecule has 0 aliphatic carbocycles. The van der Waals surface area contributed by atoms with E-state index in [-0.39, 0.29) is 18.9 Å². The van der Waals surface area contributed by atoms with Gasteiger partial charge in [-0.1, -0.05) is 0 Å². The second-order valence-corrected chi connectivity index (χ2v) is 1.45. The Morgan fingerprint density at radius 3 is 2.38 bits per heavy atom. The van der Waals surface area contributed by atoms with Crippen molar-refractivity contribution >= 4 is 12.6 Å². The van der Waals surface area contributed by atoms with Crippen LogP contribution in [0.5, 0.6) is 0 Å². The van der Waals surface area contributed by atoms with Gasteiger partial charge in [0.1, 0.15) is 0 Å². The van der Waals surface area contributed by atoms with Crippen LogP contribution in [0.1, 0.15) is 0 Å². The standard InChI is InChI=1S/C2H4N4S.Li/c1-6-2(7)3-4-5-6;/h1H3,(H,3,5,7);/q;+1/p-1. The molecular formula is C2H3LiN4S. The van der Waals surface area contributed by atoms with E-state index in [1.807, 2.05) is 0 Å². The summed E-state index contributed by atoms with van der Waals surface area (Å²) in [5.41, 5.74) is 0. The molecule has 0 N–H and O–H groups in total. The first kappa shape index (κ1) is 7.89. The molecule has 4 nitrogen and oxygen atoms in total. The van der Waals surface area contributed by atoms with Gasteiger partial charge in [-0.25, -0.2) is 0 Å². The Morgan fingerprint density at radius 2 is 2.25 bits per heavy atom. The molecule has 0 saturated heterocycles. The van der Waals surface area contributed by atoms with Crippen LogP contribution in [0.2, 0.25) is 0 Å². The van der Waals surface area contributed by atoms with E-state index in [9.17, 15) is 0 Å². The Kier molecular flexibility index (Phi) is 2.98. The fraction of sp³-hybridized carbons (Fsp3) is 0.500. The van der Waals surface area contributed by atoms with Crippen molar-refractivity contribution in [1.82, 2.24) is 20.2 Å². The van der Waals surface area contributed by atoms with Crippen molar-refractivity contribution in [2.75, 3.05) is 0 Å². The Balaban J connectivity index is 0.000000490. The molecule has 0 bridgehead atoms. The predicted molar refractivity (Wildman–Crippen MR) is 24.4 cm³/mol. The third kappa shape index (κ3) is 1.44. The van der Waals surface area contributed by atoms with Gasteiger partial charge in [-0.3, -0.25) is 4.68 Å². The maximum atomic E-state index is 4.61. The molecule has 0 aromatic carbocycles. The van der Waals surface area contributed by atoms with Crippen molar-refractivity contribution in [3.05, 3.63) is 0 Å². The molecule has 0 aliphatic heterocycles. The van der Waals surface area contributed by atoms with Gasteiger partial charge in [-0.05, 0) is 10.4 Å². The van der Waals surface area contributed by atoms with Crippen LogP contribution in [0.15, 0.2) is 5.16 Å². The molecule has 0 radical (unpaired) electrons. The van der Waals surface area contributed by atoms with Gasteiger partial charge in [-0.15, -0.1) is 5.10 Å². The van der Waals surface area contributed by atoms with Gasteiger partial charge in [0.05, 0.1) is 0 Å². The van der Waals surface area contributed by atoms with Crippen molar-refractivity contribution in [2.45, 2.75) is 5.16 Å². The second-order valence-electron chi connectivity index (χ2n) is 1.09. The van der Waals surface area contributed by atoms with Gasteiger partial charge in [0.25, 0.3) is 0 Å². The van der Waals surface area contributed by atoms with Crippen molar-refractivity contribution < 1.29 is 18.9 Å². The van der Waals surface area contributed by atoms with E-state index in [0.717, 1.165) is 0 Å². The SMILES string of the molecule is Cn1nnnc1[S-].[Li+]. The average Bonchev–Trinajstić information content (AvgIpc) is 1.91. The van der Waals surface area contributed by atoms with Crippen LogP contribution in [-0.2, 0) is 19.7 Å². The van der Waals surface area contributed by atoms with Crippen molar-refractivity contribution in [3.8, 4) is 0 Å². The molecule has 1 rings (SSSR count). The summed E-state index contributed by atoms with van der Waals surface area (Å²) in [5.74, 6) is 0. The summed E-state index contributed by atoms with van der Waals surface area (Å²) in [7, 11) is 1.70. The minimum atomic E-state index is 0. The molecule has 0 fully saturated rings. The van der Waals surface area contributed by atoms with Crippen LogP contribution in [0.25, 0.3) is 0 Å². The summed E-state index contributed by atoms with van der Waals surface area (Å²) in [6.45, 7) is 0. The van der Waals surface area contributed by atoms with E-state index in [1.165, 1.54) is 4.68 Å². The molecule has 0 aliphatic rings. The first-order valence-corrected chi connectivity index (χ1v) is 2.11. The van der Waals surface area contributed by atoms with Crippen LogP contribution >= 0.6 is 0 Å². The van der Waals surface area contributed by atoms with Crippen molar-refractivity contribution in [1.29, 1.82) is 0 Å². The summed E-state index contributed by atoms with van der Waals surface area (Å²) >= 11 is 4.61. The monoisotopic (exact) mass is 122 g/mol. The van der Waals surface area contributed by atoms with Crippen LogP contribution in [0.3, 0.4) is 0 Å². The molecule has 0 saturated carbocycles. The first-order chi connectivity index (χ1) is 3.30. The van der Waals surface area contributed by atoms with Crippen molar-refractivity contribution in [2.24, 2.45) is 7.05 Å². The largest absolute Gasteiger partial charge is 1.00 e. The molecule has 0 amide bonds. The molecule has 8 heavy (non-hydrogen) atoms. The number of hydrogen-bond donors (Lipinski definition) is 0. The quantitative estimate of drug-likeness (QED) is 0.261. The van der Waals surface area contributed by atoms with Crippen LogP contribution in [-0.4, -0.2) is 20.2 Å². The number of hydrogen-bond acceptors (Lipinski definition) is 4. The van der Waals surface area contributed by atoms with Gasteiger partial charge in [0, 0.05) is 12.2 Å². The third-order valence-corrected chi connectivity index (χ3v) is 0.927. The molecular weight excluding hydrogens is 119 g/mol. The van der Waals surface area contributed by atoms with Crippen LogP contribution in [0.4, 0.5) is 0 Å². The van der Waals surface area contributed by atoms with Gasteiger partial charge in [0.2, 0.25) is 0 Å². The van der Waals surface area contributed by atoms with Gasteiger partial charge in [0.15, 0.2) is 0 Å². The number of aryl methyl sites for hydroxylation is 1. The number of nitrogens with zero attached hydrogens (tertiary/aromatic N) is 4. The van der Waals surface area contributed by atoms with E-state index in [0.29, 0.717) is 5.16 Å². The fourth-order valence-electron chi connectivity index (χ4n) is 0.221. The summed E-state index contributed by atoms with van der Waals surface area (Å²) in [6.07, 6.45) is 0. The van der Waals surface area contributed by atoms with Crippen LogP contribution < -0.4 is 18.9 Å². The zero-order chi connectivity index (χ0) is 5.28. The Labute approximate surface area is 64.2 Å². The maximum Gasteiger partial charge on any atom is 1.00 e. The van der Waals surface area contributed by atoms with E-state index in [2.05, 4.69) is 28.2 Å². The maximum absolute atomic E-state index is 4.61. The minimum absolute atomic E-state index is 0. The molecule has 1 aromatic rings. The number of tetrazole rings is 1. The molecule has 0 unspecified atom stereocenters. The smallest absolute Gasteiger partial charge is 0.739 e. The molecule has 6 heteroatoms.